The normalized spacial score (nSPS) is 24.9. The molecule has 6 nitrogen and oxygen atoms in total. The highest BCUT2D eigenvalue weighted by Crippen LogP contribution is 2.29. The van der Waals surface area contributed by atoms with Crippen LogP contribution in [-0.2, 0) is 14.4 Å². The van der Waals surface area contributed by atoms with Crippen LogP contribution in [0.5, 0.6) is 0 Å². The summed E-state index contributed by atoms with van der Waals surface area (Å²) >= 11 is 0. The molecule has 6 heteroatoms. The molecule has 2 amide bonds. The van der Waals surface area contributed by atoms with Crippen LogP contribution in [0, 0.1) is 5.92 Å². The standard InChI is InChI=1S/C14H22N2O4/c1-2-11(14(19)20)15-13(18)9-7-12(17)16(8-9)10-5-3-4-6-10/h9-11H,2-8H2,1H3,(H,15,18)(H,19,20). The number of amides is 2. The first-order valence-electron chi connectivity index (χ1n) is 7.35. The van der Waals surface area contributed by atoms with Crippen LogP contribution >= 0.6 is 0 Å². The van der Waals surface area contributed by atoms with Crippen molar-refractivity contribution in [1.29, 1.82) is 0 Å². The molecule has 2 fully saturated rings. The third-order valence-electron chi connectivity index (χ3n) is 4.32. The van der Waals surface area contributed by atoms with Gasteiger partial charge in [0, 0.05) is 19.0 Å². The number of carbonyl (C=O) groups excluding carboxylic acids is 2. The van der Waals surface area contributed by atoms with Gasteiger partial charge in [0.1, 0.15) is 6.04 Å². The van der Waals surface area contributed by atoms with Crippen LogP contribution in [0.4, 0.5) is 0 Å². The van der Waals surface area contributed by atoms with Gasteiger partial charge in [-0.1, -0.05) is 19.8 Å². The lowest BCUT2D eigenvalue weighted by atomic mass is 10.1. The van der Waals surface area contributed by atoms with Crippen molar-refractivity contribution >= 4 is 17.8 Å². The van der Waals surface area contributed by atoms with Crippen LogP contribution in [-0.4, -0.2) is 46.4 Å². The van der Waals surface area contributed by atoms with Crippen LogP contribution in [0.1, 0.15) is 45.4 Å². The molecule has 2 aliphatic rings. The van der Waals surface area contributed by atoms with Crippen LogP contribution in [0.25, 0.3) is 0 Å². The Kier molecular flexibility index (Phi) is 4.62. The second kappa shape index (κ2) is 6.24. The Morgan fingerprint density at radius 2 is 2.05 bits per heavy atom. The van der Waals surface area contributed by atoms with Gasteiger partial charge in [-0.3, -0.25) is 9.59 Å². The van der Waals surface area contributed by atoms with Crippen molar-refractivity contribution in [3.8, 4) is 0 Å². The summed E-state index contributed by atoms with van der Waals surface area (Å²) in [7, 11) is 0. The highest BCUT2D eigenvalue weighted by Gasteiger charge is 2.39. The van der Waals surface area contributed by atoms with Gasteiger partial charge in [0.05, 0.1) is 5.92 Å². The summed E-state index contributed by atoms with van der Waals surface area (Å²) in [5.41, 5.74) is 0. The summed E-state index contributed by atoms with van der Waals surface area (Å²) < 4.78 is 0. The smallest absolute Gasteiger partial charge is 0.326 e. The Balaban J connectivity index is 1.92. The lowest BCUT2D eigenvalue weighted by molar-refractivity contribution is -0.142. The fourth-order valence-electron chi connectivity index (χ4n) is 3.10. The van der Waals surface area contributed by atoms with E-state index in [1.54, 1.807) is 6.92 Å². The number of nitrogens with zero attached hydrogens (tertiary/aromatic N) is 1. The molecular weight excluding hydrogens is 260 g/mol. The van der Waals surface area contributed by atoms with Gasteiger partial charge in [-0.05, 0) is 19.3 Å². The van der Waals surface area contributed by atoms with Crippen LogP contribution in [0.3, 0.4) is 0 Å². The Labute approximate surface area is 118 Å². The van der Waals surface area contributed by atoms with Gasteiger partial charge < -0.3 is 15.3 Å². The van der Waals surface area contributed by atoms with E-state index in [4.69, 9.17) is 5.11 Å². The number of carbonyl (C=O) groups is 3. The number of nitrogens with one attached hydrogen (secondary N) is 1. The number of likely N-dealkylation sites (tertiary alicyclic amines) is 1. The third-order valence-corrected chi connectivity index (χ3v) is 4.32. The highest BCUT2D eigenvalue weighted by molar-refractivity contribution is 5.91. The molecule has 1 heterocycles. The van der Waals surface area contributed by atoms with Crippen molar-refractivity contribution in [2.24, 2.45) is 5.92 Å². The first kappa shape index (κ1) is 14.8. The number of carboxylic acid groups (broad SMARTS) is 1. The van der Waals surface area contributed by atoms with E-state index in [0.717, 1.165) is 25.7 Å². The SMILES string of the molecule is CCC(NC(=O)C1CC(=O)N(C2CCCC2)C1)C(=O)O. The van der Waals surface area contributed by atoms with Crippen molar-refractivity contribution in [1.82, 2.24) is 10.2 Å². The van der Waals surface area contributed by atoms with E-state index < -0.39 is 17.9 Å². The Morgan fingerprint density at radius 1 is 1.40 bits per heavy atom. The molecule has 1 saturated carbocycles. The van der Waals surface area contributed by atoms with Gasteiger partial charge in [0.15, 0.2) is 0 Å². The van der Waals surface area contributed by atoms with Crippen LogP contribution in [0.15, 0.2) is 0 Å². The first-order valence-corrected chi connectivity index (χ1v) is 7.35. The second-order valence-corrected chi connectivity index (χ2v) is 5.69. The second-order valence-electron chi connectivity index (χ2n) is 5.69. The number of carboxylic acids is 1. The van der Waals surface area contributed by atoms with Crippen molar-refractivity contribution in [2.45, 2.75) is 57.5 Å². The molecule has 2 rings (SSSR count). The fourth-order valence-corrected chi connectivity index (χ4v) is 3.10. The Morgan fingerprint density at radius 3 is 2.60 bits per heavy atom. The molecule has 2 atom stereocenters. The van der Waals surface area contributed by atoms with Crippen LogP contribution in [0.2, 0.25) is 0 Å². The van der Waals surface area contributed by atoms with Gasteiger partial charge >= 0.3 is 5.97 Å². The molecule has 0 aromatic heterocycles. The molecule has 1 saturated heterocycles. The number of rotatable bonds is 5. The van der Waals surface area contributed by atoms with Gasteiger partial charge in [0.2, 0.25) is 11.8 Å². The molecule has 0 aromatic rings. The molecule has 0 radical (unpaired) electrons. The van der Waals surface area contributed by atoms with Gasteiger partial charge in [-0.25, -0.2) is 4.79 Å². The molecule has 2 N–H and O–H groups in total. The summed E-state index contributed by atoms with van der Waals surface area (Å²) in [4.78, 5) is 36.8. The highest BCUT2D eigenvalue weighted by atomic mass is 16.4. The lowest BCUT2D eigenvalue weighted by Crippen LogP contribution is -2.44. The summed E-state index contributed by atoms with van der Waals surface area (Å²) in [6, 6.07) is -0.583. The maximum absolute atomic E-state index is 12.1. The van der Waals surface area contributed by atoms with E-state index in [0.29, 0.717) is 13.0 Å². The molecule has 1 aliphatic heterocycles. The van der Waals surface area contributed by atoms with E-state index >= 15 is 0 Å². The molecule has 1 aliphatic carbocycles. The minimum absolute atomic E-state index is 0.0282. The molecule has 0 bridgehead atoms. The average Bonchev–Trinajstić information content (AvgIpc) is 3.03. The fraction of sp³-hybridized carbons (Fsp3) is 0.786. The number of hydrogen-bond donors (Lipinski definition) is 2. The van der Waals surface area contributed by atoms with Gasteiger partial charge in [-0.15, -0.1) is 0 Å². The van der Waals surface area contributed by atoms with Crippen molar-refractivity contribution in [3.05, 3.63) is 0 Å². The zero-order chi connectivity index (χ0) is 14.7. The number of aliphatic carboxylic acids is 1. The van der Waals surface area contributed by atoms with E-state index in [2.05, 4.69) is 5.32 Å². The summed E-state index contributed by atoms with van der Waals surface area (Å²) in [6.45, 7) is 2.15. The summed E-state index contributed by atoms with van der Waals surface area (Å²) in [5.74, 6) is -1.72. The lowest BCUT2D eigenvalue weighted by Gasteiger charge is -2.24. The molecule has 2 unspecified atom stereocenters. The van der Waals surface area contributed by atoms with E-state index in [9.17, 15) is 14.4 Å². The monoisotopic (exact) mass is 282 g/mol. The van der Waals surface area contributed by atoms with Crippen molar-refractivity contribution in [3.63, 3.8) is 0 Å². The summed E-state index contributed by atoms with van der Waals surface area (Å²) in [6.07, 6.45) is 4.87. The zero-order valence-corrected chi connectivity index (χ0v) is 11.8. The topological polar surface area (TPSA) is 86.7 Å². The molecule has 112 valence electrons. The maximum atomic E-state index is 12.1. The Hall–Kier alpha value is -1.59. The zero-order valence-electron chi connectivity index (χ0n) is 11.8. The number of hydrogen-bond acceptors (Lipinski definition) is 3. The van der Waals surface area contributed by atoms with Crippen LogP contribution < -0.4 is 5.32 Å². The van der Waals surface area contributed by atoms with E-state index in [-0.39, 0.29) is 24.3 Å². The minimum Gasteiger partial charge on any atom is -0.480 e. The van der Waals surface area contributed by atoms with E-state index in [1.165, 1.54) is 0 Å². The molecular formula is C14H22N2O4. The first-order chi connectivity index (χ1) is 9.52. The van der Waals surface area contributed by atoms with Gasteiger partial charge in [-0.2, -0.15) is 0 Å². The minimum atomic E-state index is -1.03. The predicted octanol–water partition coefficient (Wildman–Crippen LogP) is 0.757. The van der Waals surface area contributed by atoms with Gasteiger partial charge in [0.25, 0.3) is 0 Å². The largest absolute Gasteiger partial charge is 0.480 e. The third kappa shape index (κ3) is 3.11. The molecule has 0 spiro atoms. The molecule has 0 aromatic carbocycles. The Bertz CT molecular complexity index is 404. The van der Waals surface area contributed by atoms with E-state index in [1.807, 2.05) is 4.90 Å². The van der Waals surface area contributed by atoms with Crippen molar-refractivity contribution < 1.29 is 19.5 Å². The average molecular weight is 282 g/mol. The predicted molar refractivity (Wildman–Crippen MR) is 71.9 cm³/mol. The quantitative estimate of drug-likeness (QED) is 0.779. The van der Waals surface area contributed by atoms with Crippen molar-refractivity contribution in [2.75, 3.05) is 6.54 Å². The summed E-state index contributed by atoms with van der Waals surface area (Å²) in [5, 5.41) is 11.5. The molecule has 20 heavy (non-hydrogen) atoms. The maximum Gasteiger partial charge on any atom is 0.326 e.